The fourth-order valence-electron chi connectivity index (χ4n) is 4.75. The zero-order chi connectivity index (χ0) is 23.8. The van der Waals surface area contributed by atoms with E-state index in [0.29, 0.717) is 11.1 Å². The number of benzene rings is 3. The van der Waals surface area contributed by atoms with Crippen LogP contribution in [0.25, 0.3) is 0 Å². The monoisotopic (exact) mass is 451 g/mol. The van der Waals surface area contributed by atoms with E-state index in [4.69, 9.17) is 0 Å². The first kappa shape index (κ1) is 21.8. The average Bonchev–Trinajstić information content (AvgIpc) is 3.36. The van der Waals surface area contributed by atoms with E-state index in [9.17, 15) is 14.4 Å². The van der Waals surface area contributed by atoms with Gasteiger partial charge in [0.15, 0.2) is 5.78 Å². The van der Waals surface area contributed by atoms with Crippen molar-refractivity contribution in [2.24, 2.45) is 0 Å². The summed E-state index contributed by atoms with van der Waals surface area (Å²) < 4.78 is 0. The number of nitrogens with one attached hydrogen (secondary N) is 1. The maximum atomic E-state index is 13.7. The van der Waals surface area contributed by atoms with E-state index in [-0.39, 0.29) is 17.6 Å². The normalized spacial score (nSPS) is 21.8. The molecule has 0 saturated carbocycles. The first-order valence-corrected chi connectivity index (χ1v) is 11.3. The van der Waals surface area contributed by atoms with Gasteiger partial charge in [0, 0.05) is 17.3 Å². The van der Waals surface area contributed by atoms with Gasteiger partial charge < -0.3 is 5.32 Å². The average molecular weight is 452 g/mol. The molecule has 1 N–H and O–H groups in total. The van der Waals surface area contributed by atoms with E-state index in [0.717, 1.165) is 16.7 Å². The Morgan fingerprint density at radius 3 is 2.06 bits per heavy atom. The molecule has 2 heterocycles. The van der Waals surface area contributed by atoms with Gasteiger partial charge in [-0.1, -0.05) is 78.4 Å². The lowest BCUT2D eigenvalue weighted by Gasteiger charge is -2.33. The van der Waals surface area contributed by atoms with Crippen LogP contribution in [0.5, 0.6) is 0 Å². The molecule has 0 aliphatic carbocycles. The van der Waals surface area contributed by atoms with Gasteiger partial charge in [0.05, 0.1) is 12.1 Å². The molecule has 0 spiro atoms. The highest BCUT2D eigenvalue weighted by atomic mass is 16.2. The molecule has 0 unspecified atom stereocenters. The Kier molecular flexibility index (Phi) is 5.59. The van der Waals surface area contributed by atoms with Crippen LogP contribution in [0.2, 0.25) is 0 Å². The molecule has 3 atom stereocenters. The van der Waals surface area contributed by atoms with Crippen LogP contribution in [-0.2, 0) is 9.59 Å². The summed E-state index contributed by atoms with van der Waals surface area (Å²) in [6.45, 7) is 3.53. The summed E-state index contributed by atoms with van der Waals surface area (Å²) in [6.07, 6.45) is 1.62. The Bertz CT molecular complexity index is 1270. The Balaban J connectivity index is 1.60. The standard InChI is InChI=1S/C28H25N3O3/c1-18-13-15-21(16-14-18)25-23(19(2)32)17-30-28(34)24(29-27(33)22-11-7-4-8-12-22)26(31(25)30)20-9-5-3-6-10-20/h3-17,24-26H,1-2H3,(H,29,33)/t24-,25+,26-/m0/s1. The van der Waals surface area contributed by atoms with Crippen LogP contribution in [0.3, 0.4) is 0 Å². The van der Waals surface area contributed by atoms with Gasteiger partial charge in [-0.3, -0.25) is 14.4 Å². The number of hydrogen-bond acceptors (Lipinski definition) is 4. The minimum Gasteiger partial charge on any atom is -0.338 e. The summed E-state index contributed by atoms with van der Waals surface area (Å²) in [5.41, 5.74) is 3.94. The third-order valence-electron chi connectivity index (χ3n) is 6.43. The SMILES string of the molecule is CC(=O)C1=CN2C(=O)[C@@H](NC(=O)c3ccccc3)[C@H](c3ccccc3)N2[C@@H]1c1ccc(C)cc1. The summed E-state index contributed by atoms with van der Waals surface area (Å²) in [4.78, 5) is 39.3. The van der Waals surface area contributed by atoms with Gasteiger partial charge in [-0.15, -0.1) is 0 Å². The molecule has 0 bridgehead atoms. The summed E-state index contributed by atoms with van der Waals surface area (Å²) in [6, 6.07) is 24.7. The van der Waals surface area contributed by atoms with Crippen molar-refractivity contribution in [3.05, 3.63) is 119 Å². The molecule has 3 aromatic carbocycles. The summed E-state index contributed by atoms with van der Waals surface area (Å²) in [5, 5.41) is 6.40. The van der Waals surface area contributed by atoms with Crippen LogP contribution in [0.4, 0.5) is 0 Å². The first-order valence-electron chi connectivity index (χ1n) is 11.3. The Morgan fingerprint density at radius 2 is 1.44 bits per heavy atom. The predicted molar refractivity (Wildman–Crippen MR) is 128 cm³/mol. The highest BCUT2D eigenvalue weighted by molar-refractivity contribution is 6.00. The molecule has 1 fully saturated rings. The number of ketones is 1. The first-order chi connectivity index (χ1) is 16.5. The van der Waals surface area contributed by atoms with Gasteiger partial charge in [0.1, 0.15) is 6.04 Å². The quantitative estimate of drug-likeness (QED) is 0.634. The second kappa shape index (κ2) is 8.72. The molecule has 2 amide bonds. The molecule has 170 valence electrons. The van der Waals surface area contributed by atoms with Crippen molar-refractivity contribution in [3.8, 4) is 0 Å². The third kappa shape index (κ3) is 3.72. The van der Waals surface area contributed by atoms with Crippen LogP contribution in [0, 0.1) is 6.92 Å². The van der Waals surface area contributed by atoms with Crippen molar-refractivity contribution in [2.75, 3.05) is 0 Å². The van der Waals surface area contributed by atoms with Gasteiger partial charge in [0.2, 0.25) is 0 Å². The molecule has 2 aliphatic heterocycles. The number of hydrazine groups is 1. The van der Waals surface area contributed by atoms with Gasteiger partial charge in [-0.25, -0.2) is 5.01 Å². The summed E-state index contributed by atoms with van der Waals surface area (Å²) >= 11 is 0. The maximum Gasteiger partial charge on any atom is 0.265 e. The molecule has 34 heavy (non-hydrogen) atoms. The zero-order valence-corrected chi connectivity index (χ0v) is 19.0. The number of rotatable bonds is 5. The molecule has 0 radical (unpaired) electrons. The number of carbonyl (C=O) groups is 3. The van der Waals surface area contributed by atoms with Crippen LogP contribution in [0.1, 0.15) is 46.1 Å². The predicted octanol–water partition coefficient (Wildman–Crippen LogP) is 4.12. The van der Waals surface area contributed by atoms with E-state index < -0.39 is 18.1 Å². The van der Waals surface area contributed by atoms with Crippen molar-refractivity contribution in [1.29, 1.82) is 0 Å². The van der Waals surface area contributed by atoms with Gasteiger partial charge in [-0.05, 0) is 37.1 Å². The Labute approximate surface area is 198 Å². The van der Waals surface area contributed by atoms with Crippen molar-refractivity contribution in [1.82, 2.24) is 15.3 Å². The molecule has 5 rings (SSSR count). The number of amides is 2. The zero-order valence-electron chi connectivity index (χ0n) is 19.0. The van der Waals surface area contributed by atoms with E-state index >= 15 is 0 Å². The Hall–Kier alpha value is -4.03. The van der Waals surface area contributed by atoms with E-state index in [1.165, 1.54) is 11.9 Å². The highest BCUT2D eigenvalue weighted by Gasteiger charge is 2.54. The van der Waals surface area contributed by atoms with Gasteiger partial charge in [-0.2, -0.15) is 5.01 Å². The van der Waals surface area contributed by atoms with Gasteiger partial charge >= 0.3 is 0 Å². The lowest BCUT2D eigenvalue weighted by atomic mass is 9.92. The van der Waals surface area contributed by atoms with E-state index in [1.807, 2.05) is 72.6 Å². The fraction of sp³-hybridized carbons (Fsp3) is 0.179. The molecular weight excluding hydrogens is 426 g/mol. The third-order valence-corrected chi connectivity index (χ3v) is 6.43. The van der Waals surface area contributed by atoms with E-state index in [1.54, 1.807) is 30.5 Å². The highest BCUT2D eigenvalue weighted by Crippen LogP contribution is 2.47. The fourth-order valence-corrected chi connectivity index (χ4v) is 4.75. The number of fused-ring (bicyclic) bond motifs is 1. The number of carbonyl (C=O) groups excluding carboxylic acids is 3. The topological polar surface area (TPSA) is 69.7 Å². The van der Waals surface area contributed by atoms with Crippen LogP contribution >= 0.6 is 0 Å². The molecule has 6 nitrogen and oxygen atoms in total. The maximum absolute atomic E-state index is 13.7. The molecule has 0 aromatic heterocycles. The van der Waals surface area contributed by atoms with Gasteiger partial charge in [0.25, 0.3) is 11.8 Å². The van der Waals surface area contributed by atoms with Crippen molar-refractivity contribution >= 4 is 17.6 Å². The minimum absolute atomic E-state index is 0.0931. The second-order valence-electron chi connectivity index (χ2n) is 8.69. The molecule has 2 aliphatic rings. The van der Waals surface area contributed by atoms with Crippen LogP contribution in [0.15, 0.2) is 96.7 Å². The minimum atomic E-state index is -0.812. The van der Waals surface area contributed by atoms with Crippen molar-refractivity contribution < 1.29 is 14.4 Å². The lowest BCUT2D eigenvalue weighted by Crippen LogP contribution is -2.43. The molecule has 3 aromatic rings. The van der Waals surface area contributed by atoms with Crippen LogP contribution < -0.4 is 5.32 Å². The Morgan fingerprint density at radius 1 is 0.824 bits per heavy atom. The molecular formula is C28H25N3O3. The van der Waals surface area contributed by atoms with Crippen molar-refractivity contribution in [2.45, 2.75) is 32.0 Å². The second-order valence-corrected chi connectivity index (χ2v) is 8.69. The van der Waals surface area contributed by atoms with Crippen molar-refractivity contribution in [3.63, 3.8) is 0 Å². The number of nitrogens with zero attached hydrogens (tertiary/aromatic N) is 2. The largest absolute Gasteiger partial charge is 0.338 e. The van der Waals surface area contributed by atoms with E-state index in [2.05, 4.69) is 5.32 Å². The number of aryl methyl sites for hydroxylation is 1. The summed E-state index contributed by atoms with van der Waals surface area (Å²) in [5.74, 6) is -0.680. The molecule has 6 heteroatoms. The summed E-state index contributed by atoms with van der Waals surface area (Å²) in [7, 11) is 0. The number of hydrogen-bond donors (Lipinski definition) is 1. The van der Waals surface area contributed by atoms with Crippen LogP contribution in [-0.4, -0.2) is 33.7 Å². The molecule has 1 saturated heterocycles. The number of Topliss-reactive ketones (excluding diaryl/α,β-unsaturated/α-hetero) is 1. The smallest absolute Gasteiger partial charge is 0.265 e. The lowest BCUT2D eigenvalue weighted by molar-refractivity contribution is -0.134.